The maximum absolute atomic E-state index is 14.5. The molecule has 1 rings (SSSR count). The Hall–Kier alpha value is -0.516. The van der Waals surface area contributed by atoms with Crippen molar-refractivity contribution in [3.63, 3.8) is 0 Å². The molecule has 1 fully saturated rings. The largest absolute Gasteiger partial charge is 0.444 e. The van der Waals surface area contributed by atoms with Gasteiger partial charge in [-0.25, -0.2) is 13.6 Å². The number of carbonyl (C=O) groups excluding carboxylic acids is 1. The lowest BCUT2D eigenvalue weighted by molar-refractivity contribution is -0.00995. The fourth-order valence-electron chi connectivity index (χ4n) is 3.15. The van der Waals surface area contributed by atoms with Gasteiger partial charge in [-0.15, -0.1) is 0 Å². The van der Waals surface area contributed by atoms with Gasteiger partial charge in [0.25, 0.3) is 0 Å². The predicted molar refractivity (Wildman–Crippen MR) is 131 cm³/mol. The van der Waals surface area contributed by atoms with Gasteiger partial charge >= 0.3 is 6.09 Å². The van der Waals surface area contributed by atoms with Crippen molar-refractivity contribution in [1.29, 1.82) is 0 Å². The van der Waals surface area contributed by atoms with Gasteiger partial charge in [-0.3, -0.25) is 4.90 Å². The van der Waals surface area contributed by atoms with Crippen molar-refractivity contribution in [2.24, 2.45) is 5.92 Å². The van der Waals surface area contributed by atoms with E-state index in [0.29, 0.717) is 0 Å². The van der Waals surface area contributed by atoms with Crippen LogP contribution in [0.1, 0.15) is 62.3 Å². The fraction of sp³-hybridized carbons (Fsp3) is 0.957. The summed E-state index contributed by atoms with van der Waals surface area (Å²) in [6.45, 7) is 26.3. The molecule has 1 heterocycles. The lowest BCUT2D eigenvalue weighted by atomic mass is 9.99. The zero-order chi connectivity index (χ0) is 25.5. The molecular formula is C23H47F2NO4Si2. The second-order valence-electron chi connectivity index (χ2n) is 13.1. The smallest absolute Gasteiger partial charge is 0.410 e. The highest BCUT2D eigenvalue weighted by atomic mass is 28.4. The summed E-state index contributed by atoms with van der Waals surface area (Å²) >= 11 is 0. The van der Waals surface area contributed by atoms with Gasteiger partial charge in [0, 0.05) is 6.54 Å². The van der Waals surface area contributed by atoms with Crippen molar-refractivity contribution in [3.8, 4) is 0 Å². The van der Waals surface area contributed by atoms with E-state index in [4.69, 9.17) is 13.6 Å². The quantitative estimate of drug-likeness (QED) is 0.376. The summed E-state index contributed by atoms with van der Waals surface area (Å²) < 4.78 is 47.3. The highest BCUT2D eigenvalue weighted by Crippen LogP contribution is 2.43. The zero-order valence-electron chi connectivity index (χ0n) is 22.6. The standard InChI is InChI=1S/C23H47F2NO4Si2/c1-21(2,3)29-20(27)26-14-17(30-32(12,13)23(7,8)9)18(19(24)25)16(26)15-28-31(10,11)22(4,5)6/h16-19H,14-15H2,1-13H3/t16-,17+,18-/m1/s1. The van der Waals surface area contributed by atoms with Crippen LogP contribution in [0.3, 0.4) is 0 Å². The first-order chi connectivity index (χ1) is 14.0. The van der Waals surface area contributed by atoms with Crippen molar-refractivity contribution >= 4 is 22.7 Å². The SMILES string of the molecule is CC(C)(C)OC(=O)N1C[C@H](O[Si](C)(C)C(C)(C)C)[C@H](C(F)F)[C@H]1CO[Si](C)(C)C(C)(C)C. The van der Waals surface area contributed by atoms with Crippen molar-refractivity contribution in [2.45, 2.75) is 123 Å². The van der Waals surface area contributed by atoms with Crippen LogP contribution in [0.25, 0.3) is 0 Å². The number of amides is 1. The molecule has 0 unspecified atom stereocenters. The number of alkyl halides is 2. The van der Waals surface area contributed by atoms with Gasteiger partial charge in [0.1, 0.15) is 5.60 Å². The van der Waals surface area contributed by atoms with Gasteiger partial charge in [-0.1, -0.05) is 41.5 Å². The minimum absolute atomic E-state index is 0.0576. The molecule has 0 radical (unpaired) electrons. The summed E-state index contributed by atoms with van der Waals surface area (Å²) in [6.07, 6.45) is -3.98. The summed E-state index contributed by atoms with van der Waals surface area (Å²) in [5, 5.41) is -0.203. The van der Waals surface area contributed by atoms with Gasteiger partial charge in [0.15, 0.2) is 16.6 Å². The molecule has 1 aliphatic heterocycles. The van der Waals surface area contributed by atoms with E-state index < -0.39 is 52.8 Å². The Morgan fingerprint density at radius 2 is 1.41 bits per heavy atom. The van der Waals surface area contributed by atoms with Gasteiger partial charge in [-0.2, -0.15) is 0 Å². The van der Waals surface area contributed by atoms with Gasteiger partial charge < -0.3 is 13.6 Å². The Morgan fingerprint density at radius 3 is 1.78 bits per heavy atom. The first-order valence-electron chi connectivity index (χ1n) is 11.6. The van der Waals surface area contributed by atoms with E-state index in [1.54, 1.807) is 20.8 Å². The van der Waals surface area contributed by atoms with E-state index >= 15 is 0 Å². The average Bonchev–Trinajstić information content (AvgIpc) is 2.87. The topological polar surface area (TPSA) is 48.0 Å². The average molecular weight is 496 g/mol. The third-order valence-corrected chi connectivity index (χ3v) is 16.2. The number of carbonyl (C=O) groups is 1. The molecule has 0 aromatic carbocycles. The molecule has 9 heteroatoms. The van der Waals surface area contributed by atoms with Crippen LogP contribution in [0.15, 0.2) is 0 Å². The van der Waals surface area contributed by atoms with Gasteiger partial charge in [0.05, 0.1) is 24.7 Å². The molecule has 32 heavy (non-hydrogen) atoms. The Morgan fingerprint density at radius 1 is 0.938 bits per heavy atom. The third kappa shape index (κ3) is 7.24. The summed E-state index contributed by atoms with van der Waals surface area (Å²) in [5.41, 5.74) is -0.722. The van der Waals surface area contributed by atoms with Crippen molar-refractivity contribution < 1.29 is 27.2 Å². The van der Waals surface area contributed by atoms with Gasteiger partial charge in [-0.05, 0) is 57.0 Å². The molecule has 190 valence electrons. The lowest BCUT2D eigenvalue weighted by Crippen LogP contribution is -2.49. The number of hydrogen-bond acceptors (Lipinski definition) is 4. The molecule has 3 atom stereocenters. The van der Waals surface area contributed by atoms with Crippen LogP contribution in [-0.2, 0) is 13.6 Å². The number of nitrogens with zero attached hydrogens (tertiary/aromatic N) is 1. The Balaban J connectivity index is 3.31. The first-order valence-corrected chi connectivity index (χ1v) is 17.4. The van der Waals surface area contributed by atoms with Crippen LogP contribution in [0.2, 0.25) is 36.3 Å². The molecule has 1 saturated heterocycles. The molecule has 0 aromatic heterocycles. The van der Waals surface area contributed by atoms with Crippen LogP contribution in [-0.4, -0.2) is 65.0 Å². The van der Waals surface area contributed by atoms with E-state index in [0.717, 1.165) is 0 Å². The maximum Gasteiger partial charge on any atom is 0.410 e. The molecular weight excluding hydrogens is 448 g/mol. The predicted octanol–water partition coefficient (Wildman–Crippen LogP) is 6.90. The first kappa shape index (κ1) is 29.5. The summed E-state index contributed by atoms with van der Waals surface area (Å²) in [5.74, 6) is -1.12. The Kier molecular flexibility index (Phi) is 8.87. The molecule has 5 nitrogen and oxygen atoms in total. The minimum atomic E-state index is -2.63. The molecule has 1 amide bonds. The van der Waals surface area contributed by atoms with E-state index in [9.17, 15) is 13.6 Å². The fourth-order valence-corrected chi connectivity index (χ4v) is 5.51. The molecule has 0 bridgehead atoms. The Bertz CT molecular complexity index is 652. The number of rotatable bonds is 6. The molecule has 0 spiro atoms. The summed E-state index contributed by atoms with van der Waals surface area (Å²) in [7, 11) is -4.53. The van der Waals surface area contributed by atoms with Crippen molar-refractivity contribution in [3.05, 3.63) is 0 Å². The maximum atomic E-state index is 14.5. The Labute approximate surface area is 196 Å². The minimum Gasteiger partial charge on any atom is -0.444 e. The lowest BCUT2D eigenvalue weighted by Gasteiger charge is -2.40. The second-order valence-corrected chi connectivity index (χ2v) is 22.7. The van der Waals surface area contributed by atoms with E-state index in [-0.39, 0.29) is 23.2 Å². The van der Waals surface area contributed by atoms with Gasteiger partial charge in [0.2, 0.25) is 6.43 Å². The zero-order valence-corrected chi connectivity index (χ0v) is 24.6. The third-order valence-electron chi connectivity index (χ3n) is 7.24. The summed E-state index contributed by atoms with van der Waals surface area (Å²) in [6, 6.07) is -0.797. The summed E-state index contributed by atoms with van der Waals surface area (Å²) in [4.78, 5) is 14.5. The van der Waals surface area contributed by atoms with Crippen LogP contribution in [0.4, 0.5) is 13.6 Å². The van der Waals surface area contributed by atoms with E-state index in [1.165, 1.54) is 4.90 Å². The normalized spacial score (nSPS) is 23.8. The molecule has 0 aromatic rings. The monoisotopic (exact) mass is 495 g/mol. The van der Waals surface area contributed by atoms with Crippen molar-refractivity contribution in [1.82, 2.24) is 4.90 Å². The second kappa shape index (κ2) is 9.62. The molecule has 0 N–H and O–H groups in total. The van der Waals surface area contributed by atoms with E-state index in [1.807, 2.05) is 13.1 Å². The number of hydrogen-bond donors (Lipinski definition) is 0. The van der Waals surface area contributed by atoms with Crippen LogP contribution < -0.4 is 0 Å². The molecule has 0 saturated carbocycles. The number of likely N-dealkylation sites (tertiary alicyclic amines) is 1. The number of ether oxygens (including phenoxy) is 1. The van der Waals surface area contributed by atoms with Crippen LogP contribution in [0, 0.1) is 5.92 Å². The van der Waals surface area contributed by atoms with Crippen LogP contribution in [0.5, 0.6) is 0 Å². The highest BCUT2D eigenvalue weighted by Gasteiger charge is 2.53. The van der Waals surface area contributed by atoms with Crippen molar-refractivity contribution in [2.75, 3.05) is 13.2 Å². The number of halogens is 2. The molecule has 0 aliphatic carbocycles. The molecule has 1 aliphatic rings. The van der Waals surface area contributed by atoms with E-state index in [2.05, 4.69) is 54.6 Å². The van der Waals surface area contributed by atoms with Crippen LogP contribution >= 0.6 is 0 Å². The highest BCUT2D eigenvalue weighted by molar-refractivity contribution is 6.74.